The largest absolute Gasteiger partial charge is 0.302 e. The molecule has 0 saturated heterocycles. The summed E-state index contributed by atoms with van der Waals surface area (Å²) in [4.78, 5) is 0. The van der Waals surface area contributed by atoms with Gasteiger partial charge >= 0.3 is 11.4 Å². The average Bonchev–Trinajstić information content (AvgIpc) is 2.29. The number of rotatable bonds is 3. The Bertz CT molecular complexity index is 421. The van der Waals surface area contributed by atoms with Crippen LogP contribution in [0.25, 0.3) is 0 Å². The quantitative estimate of drug-likeness (QED) is 0.637. The van der Waals surface area contributed by atoms with Gasteiger partial charge in [-0.1, -0.05) is 6.92 Å². The molecular weight excluding hydrogens is 271 g/mol. The van der Waals surface area contributed by atoms with Gasteiger partial charge in [0.25, 0.3) is 0 Å². The van der Waals surface area contributed by atoms with Crippen LogP contribution in [-0.4, -0.2) is 20.5 Å². The van der Waals surface area contributed by atoms with Crippen LogP contribution in [0.3, 0.4) is 0 Å². The first-order valence-corrected chi connectivity index (χ1v) is 5.36. The van der Waals surface area contributed by atoms with E-state index in [1.807, 2.05) is 0 Å². The summed E-state index contributed by atoms with van der Waals surface area (Å²) in [7, 11) is 0. The highest BCUT2D eigenvalue weighted by atomic mass is 32.2. The van der Waals surface area contributed by atoms with E-state index in [2.05, 4.69) is 4.18 Å². The van der Waals surface area contributed by atoms with Crippen molar-refractivity contribution in [2.24, 2.45) is 0 Å². The van der Waals surface area contributed by atoms with Crippen molar-refractivity contribution in [3.63, 3.8) is 0 Å². The van der Waals surface area contributed by atoms with Crippen molar-refractivity contribution in [3.8, 4) is 0 Å². The summed E-state index contributed by atoms with van der Waals surface area (Å²) >= 11 is -3.18. The van der Waals surface area contributed by atoms with Crippen LogP contribution >= 0.6 is 0 Å². The Morgan fingerprint density at radius 1 is 1.35 bits per heavy atom. The minimum atomic E-state index is -3.18. The maximum atomic E-state index is 13.4. The molecule has 17 heavy (non-hydrogen) atoms. The van der Waals surface area contributed by atoms with Crippen molar-refractivity contribution in [2.75, 3.05) is 0 Å². The van der Waals surface area contributed by atoms with Gasteiger partial charge in [-0.3, -0.25) is 8.74 Å². The van der Waals surface area contributed by atoms with Gasteiger partial charge < -0.3 is 0 Å². The van der Waals surface area contributed by atoms with Gasteiger partial charge in [0.05, 0.1) is 0 Å². The molecule has 1 aliphatic rings. The summed E-state index contributed by atoms with van der Waals surface area (Å²) in [5.41, 5.74) is -2.97. The Morgan fingerprint density at radius 3 is 2.29 bits per heavy atom. The van der Waals surface area contributed by atoms with E-state index in [9.17, 15) is 26.2 Å². The van der Waals surface area contributed by atoms with Crippen molar-refractivity contribution in [1.82, 2.24) is 0 Å². The second-order valence-electron chi connectivity index (χ2n) is 3.20. The van der Waals surface area contributed by atoms with Crippen LogP contribution in [0.2, 0.25) is 0 Å². The van der Waals surface area contributed by atoms with Gasteiger partial charge in [0.15, 0.2) is 35.1 Å². The van der Waals surface area contributed by atoms with Crippen molar-refractivity contribution in [3.05, 3.63) is 23.3 Å². The fraction of sp³-hybridized carbons (Fsp3) is 0.500. The summed E-state index contributed by atoms with van der Waals surface area (Å²) in [6, 6.07) is 0. The summed E-state index contributed by atoms with van der Waals surface area (Å²) < 4.78 is 88.2. The zero-order valence-corrected chi connectivity index (χ0v) is 9.16. The molecule has 0 saturated carbocycles. The van der Waals surface area contributed by atoms with E-state index in [0.717, 1.165) is 6.92 Å². The molecule has 0 radical (unpaired) electrons. The summed E-state index contributed by atoms with van der Waals surface area (Å²) in [6.07, 6.45) is -3.75. The monoisotopic (exact) mass is 278 g/mol. The van der Waals surface area contributed by atoms with Gasteiger partial charge in [-0.25, -0.2) is 22.0 Å². The van der Waals surface area contributed by atoms with Gasteiger partial charge in [0, 0.05) is 0 Å². The van der Waals surface area contributed by atoms with Crippen LogP contribution in [0.1, 0.15) is 13.3 Å². The van der Waals surface area contributed by atoms with E-state index in [1.165, 1.54) is 0 Å². The molecule has 3 nitrogen and oxygen atoms in total. The van der Waals surface area contributed by atoms with Crippen molar-refractivity contribution < 1.29 is 34.9 Å². The molecule has 0 aromatic rings. The zero-order valence-electron chi connectivity index (χ0n) is 8.35. The summed E-state index contributed by atoms with van der Waals surface area (Å²) in [6.45, 7) is 1.06. The molecule has 0 spiro atoms. The lowest BCUT2D eigenvalue weighted by molar-refractivity contribution is 0.000596. The zero-order chi connectivity index (χ0) is 13.4. The normalized spacial score (nSPS) is 32.1. The maximum absolute atomic E-state index is 13.4. The van der Waals surface area contributed by atoms with E-state index in [4.69, 9.17) is 4.55 Å². The predicted molar refractivity (Wildman–Crippen MR) is 48.3 cm³/mol. The second-order valence-corrected chi connectivity index (χ2v) is 3.80. The SMILES string of the molecule is CCC1(OS(=O)O)C(F)=C(F)C(F)=C(F)C1F. The first kappa shape index (κ1) is 14.3. The van der Waals surface area contributed by atoms with Gasteiger partial charge in [0.1, 0.15) is 0 Å². The van der Waals surface area contributed by atoms with E-state index in [-0.39, 0.29) is 0 Å². The van der Waals surface area contributed by atoms with Crippen LogP contribution in [0.5, 0.6) is 0 Å². The minimum absolute atomic E-state index is 0.708. The molecule has 0 amide bonds. The van der Waals surface area contributed by atoms with Crippen LogP contribution in [0, 0.1) is 0 Å². The first-order valence-electron chi connectivity index (χ1n) is 4.33. The number of hydrogen-bond donors (Lipinski definition) is 1. The highest BCUT2D eigenvalue weighted by Crippen LogP contribution is 2.46. The molecular formula is C8H7F5O3S. The third kappa shape index (κ3) is 2.14. The lowest BCUT2D eigenvalue weighted by Gasteiger charge is -2.33. The van der Waals surface area contributed by atoms with Crippen molar-refractivity contribution in [1.29, 1.82) is 0 Å². The number of allylic oxidation sites excluding steroid dienone is 2. The molecule has 0 bridgehead atoms. The van der Waals surface area contributed by atoms with E-state index in [1.54, 1.807) is 0 Å². The lowest BCUT2D eigenvalue weighted by Crippen LogP contribution is -2.46. The average molecular weight is 278 g/mol. The maximum Gasteiger partial charge on any atom is 0.302 e. The molecule has 0 fully saturated rings. The topological polar surface area (TPSA) is 46.5 Å². The third-order valence-corrected chi connectivity index (χ3v) is 2.78. The van der Waals surface area contributed by atoms with E-state index in [0.29, 0.717) is 0 Å². The summed E-state index contributed by atoms with van der Waals surface area (Å²) in [5, 5.41) is 0. The first-order chi connectivity index (χ1) is 7.77. The third-order valence-electron chi connectivity index (χ3n) is 2.34. The minimum Gasteiger partial charge on any atom is -0.284 e. The van der Waals surface area contributed by atoms with Crippen LogP contribution in [0.4, 0.5) is 22.0 Å². The number of hydrogen-bond acceptors (Lipinski definition) is 2. The van der Waals surface area contributed by atoms with Crippen molar-refractivity contribution in [2.45, 2.75) is 25.1 Å². The molecule has 3 unspecified atom stereocenters. The standard InChI is InChI=1S/C8H7F5O3S/c1-2-8(16-17(14)15)6(12)4(10)3(9)5(11)7(8)13/h6H,2H2,1H3,(H,14,15). The molecule has 0 heterocycles. The van der Waals surface area contributed by atoms with Crippen LogP contribution in [0.15, 0.2) is 23.3 Å². The van der Waals surface area contributed by atoms with Crippen LogP contribution < -0.4 is 0 Å². The van der Waals surface area contributed by atoms with Gasteiger partial charge in [-0.05, 0) is 6.42 Å². The smallest absolute Gasteiger partial charge is 0.284 e. The van der Waals surface area contributed by atoms with Crippen LogP contribution in [-0.2, 0) is 15.5 Å². The highest BCUT2D eigenvalue weighted by molar-refractivity contribution is 7.74. The van der Waals surface area contributed by atoms with Gasteiger partial charge in [-0.15, -0.1) is 0 Å². The Hall–Kier alpha value is -0.800. The molecule has 3 atom stereocenters. The van der Waals surface area contributed by atoms with Gasteiger partial charge in [-0.2, -0.15) is 4.21 Å². The number of alkyl halides is 1. The second kappa shape index (κ2) is 4.83. The Morgan fingerprint density at radius 2 is 1.88 bits per heavy atom. The molecule has 0 aromatic carbocycles. The highest BCUT2D eigenvalue weighted by Gasteiger charge is 2.54. The molecule has 98 valence electrons. The van der Waals surface area contributed by atoms with E-state index >= 15 is 0 Å². The molecule has 1 N–H and O–H groups in total. The lowest BCUT2D eigenvalue weighted by atomic mass is 9.88. The number of halogens is 5. The predicted octanol–water partition coefficient (Wildman–Crippen LogP) is 2.94. The fourth-order valence-electron chi connectivity index (χ4n) is 1.41. The Balaban J connectivity index is 3.38. The van der Waals surface area contributed by atoms with Gasteiger partial charge in [0.2, 0.25) is 0 Å². The Labute approximate surface area is 95.4 Å². The molecule has 0 aromatic heterocycles. The molecule has 0 aliphatic heterocycles. The summed E-state index contributed by atoms with van der Waals surface area (Å²) in [5.74, 6) is -8.89. The fourth-order valence-corrected chi connectivity index (χ4v) is 1.94. The van der Waals surface area contributed by atoms with Crippen molar-refractivity contribution >= 4 is 11.4 Å². The Kier molecular flexibility index (Phi) is 4.05. The molecule has 1 aliphatic carbocycles. The molecule has 1 rings (SSSR count). The molecule has 9 heteroatoms. The van der Waals surface area contributed by atoms with E-state index < -0.39 is 52.9 Å².